The summed E-state index contributed by atoms with van der Waals surface area (Å²) in [6, 6.07) is 15.7. The predicted molar refractivity (Wildman–Crippen MR) is 107 cm³/mol. The zero-order chi connectivity index (χ0) is 19.9. The molecule has 1 aliphatic rings. The molecule has 0 N–H and O–H groups in total. The molecule has 0 unspecified atom stereocenters. The number of rotatable bonds is 8. The summed E-state index contributed by atoms with van der Waals surface area (Å²) in [7, 11) is 3.18. The molecule has 6 heteroatoms. The quantitative estimate of drug-likeness (QED) is 0.655. The van der Waals surface area contributed by atoms with E-state index >= 15 is 0 Å². The Bertz CT molecular complexity index is 805. The van der Waals surface area contributed by atoms with Crippen molar-refractivity contribution in [2.45, 2.75) is 12.8 Å². The highest BCUT2D eigenvalue weighted by molar-refractivity contribution is 5.99. The number of benzene rings is 2. The van der Waals surface area contributed by atoms with Gasteiger partial charge in [0.25, 0.3) is 0 Å². The molecule has 3 rings (SSSR count). The van der Waals surface area contributed by atoms with Crippen LogP contribution in [-0.2, 0) is 22.4 Å². The highest BCUT2D eigenvalue weighted by atomic mass is 16.5. The van der Waals surface area contributed by atoms with Crippen LogP contribution in [0, 0.1) is 0 Å². The van der Waals surface area contributed by atoms with E-state index in [2.05, 4.69) is 12.1 Å². The van der Waals surface area contributed by atoms with E-state index in [-0.39, 0.29) is 24.9 Å². The average molecular weight is 382 g/mol. The summed E-state index contributed by atoms with van der Waals surface area (Å²) < 4.78 is 10.5. The Hall–Kier alpha value is -2.86. The third-order valence-corrected chi connectivity index (χ3v) is 4.95. The van der Waals surface area contributed by atoms with Gasteiger partial charge in [0.2, 0.25) is 11.8 Å². The van der Waals surface area contributed by atoms with E-state index < -0.39 is 0 Å². The van der Waals surface area contributed by atoms with Gasteiger partial charge >= 0.3 is 0 Å². The third-order valence-electron chi connectivity index (χ3n) is 4.95. The van der Waals surface area contributed by atoms with Crippen molar-refractivity contribution in [2.75, 3.05) is 40.4 Å². The topological polar surface area (TPSA) is 59.1 Å². The van der Waals surface area contributed by atoms with Crippen molar-refractivity contribution in [1.82, 2.24) is 9.80 Å². The molecule has 6 nitrogen and oxygen atoms in total. The molecule has 0 saturated carbocycles. The van der Waals surface area contributed by atoms with Gasteiger partial charge in [0.1, 0.15) is 0 Å². The predicted octanol–water partition coefficient (Wildman–Crippen LogP) is 2.16. The molecule has 2 aromatic rings. The molecular formula is C22H26N2O4. The monoisotopic (exact) mass is 382 g/mol. The number of nitrogens with zero attached hydrogens (tertiary/aromatic N) is 2. The van der Waals surface area contributed by atoms with E-state index in [4.69, 9.17) is 9.47 Å². The number of amides is 2. The zero-order valence-corrected chi connectivity index (χ0v) is 16.4. The van der Waals surface area contributed by atoms with Crippen molar-refractivity contribution in [3.8, 4) is 11.5 Å². The number of carbonyl (C=O) groups excluding carboxylic acids is 2. The maximum Gasteiger partial charge on any atom is 0.243 e. The van der Waals surface area contributed by atoms with E-state index in [0.717, 1.165) is 12.0 Å². The Morgan fingerprint density at radius 2 is 1.43 bits per heavy atom. The molecule has 0 radical (unpaired) electrons. The van der Waals surface area contributed by atoms with E-state index in [1.54, 1.807) is 14.2 Å². The van der Waals surface area contributed by atoms with Crippen LogP contribution in [0.25, 0.3) is 0 Å². The first-order valence-electron chi connectivity index (χ1n) is 9.41. The van der Waals surface area contributed by atoms with Gasteiger partial charge in [-0.1, -0.05) is 36.4 Å². The van der Waals surface area contributed by atoms with Crippen molar-refractivity contribution >= 4 is 11.8 Å². The van der Waals surface area contributed by atoms with E-state index in [9.17, 15) is 9.59 Å². The van der Waals surface area contributed by atoms with Gasteiger partial charge in [-0.3, -0.25) is 19.4 Å². The first-order valence-corrected chi connectivity index (χ1v) is 9.41. The van der Waals surface area contributed by atoms with Gasteiger partial charge in [0.15, 0.2) is 11.5 Å². The van der Waals surface area contributed by atoms with Gasteiger partial charge in [0, 0.05) is 13.1 Å². The molecule has 0 bridgehead atoms. The lowest BCUT2D eigenvalue weighted by Gasteiger charge is -2.32. The fraction of sp³-hybridized carbons (Fsp3) is 0.364. The van der Waals surface area contributed by atoms with Gasteiger partial charge < -0.3 is 9.47 Å². The van der Waals surface area contributed by atoms with E-state index in [0.29, 0.717) is 31.0 Å². The normalized spacial score (nSPS) is 15.0. The zero-order valence-electron chi connectivity index (χ0n) is 16.4. The largest absolute Gasteiger partial charge is 0.493 e. The number of methoxy groups -OCH3 is 2. The number of ether oxygens (including phenoxy) is 2. The smallest absolute Gasteiger partial charge is 0.243 e. The van der Waals surface area contributed by atoms with Crippen LogP contribution in [0.3, 0.4) is 0 Å². The number of hydrogen-bond donors (Lipinski definition) is 0. The van der Waals surface area contributed by atoms with Crippen molar-refractivity contribution in [3.63, 3.8) is 0 Å². The summed E-state index contributed by atoms with van der Waals surface area (Å²) in [5.74, 6) is 1.03. The lowest BCUT2D eigenvalue weighted by molar-refractivity contribution is -0.151. The third kappa shape index (κ3) is 4.89. The molecule has 0 spiro atoms. The molecule has 148 valence electrons. The fourth-order valence-electron chi connectivity index (χ4n) is 3.36. The van der Waals surface area contributed by atoms with E-state index in [1.807, 2.05) is 41.3 Å². The Balaban J connectivity index is 1.53. The molecule has 1 saturated heterocycles. The molecular weight excluding hydrogens is 356 g/mol. The second-order valence-electron chi connectivity index (χ2n) is 6.82. The number of imide groups is 1. The highest BCUT2D eigenvalue weighted by Crippen LogP contribution is 2.27. The molecule has 2 amide bonds. The lowest BCUT2D eigenvalue weighted by Crippen LogP contribution is -2.54. The summed E-state index contributed by atoms with van der Waals surface area (Å²) in [4.78, 5) is 28.3. The van der Waals surface area contributed by atoms with Crippen LogP contribution in [0.4, 0.5) is 0 Å². The van der Waals surface area contributed by atoms with Crippen molar-refractivity contribution in [1.29, 1.82) is 0 Å². The van der Waals surface area contributed by atoms with Crippen LogP contribution < -0.4 is 9.47 Å². The van der Waals surface area contributed by atoms with Gasteiger partial charge in [0.05, 0.1) is 27.3 Å². The van der Waals surface area contributed by atoms with Gasteiger partial charge in [-0.15, -0.1) is 0 Å². The highest BCUT2D eigenvalue weighted by Gasteiger charge is 2.30. The second kappa shape index (κ2) is 9.37. The first kappa shape index (κ1) is 19.9. The number of piperazine rings is 1. The first-order chi connectivity index (χ1) is 13.6. The van der Waals surface area contributed by atoms with E-state index in [1.165, 1.54) is 10.5 Å². The summed E-state index contributed by atoms with van der Waals surface area (Å²) in [5.41, 5.74) is 2.20. The van der Waals surface area contributed by atoms with Crippen molar-refractivity contribution < 1.29 is 19.1 Å². The molecule has 28 heavy (non-hydrogen) atoms. The van der Waals surface area contributed by atoms with Crippen molar-refractivity contribution in [2.24, 2.45) is 0 Å². The fourth-order valence-corrected chi connectivity index (χ4v) is 3.36. The number of carbonyl (C=O) groups is 2. The molecule has 1 aliphatic heterocycles. The molecule has 0 atom stereocenters. The Kier molecular flexibility index (Phi) is 6.66. The van der Waals surface area contributed by atoms with Crippen LogP contribution in [0.15, 0.2) is 48.5 Å². The molecule has 0 aromatic heterocycles. The minimum Gasteiger partial charge on any atom is -0.493 e. The average Bonchev–Trinajstić information content (AvgIpc) is 2.72. The van der Waals surface area contributed by atoms with Gasteiger partial charge in [-0.2, -0.15) is 0 Å². The van der Waals surface area contributed by atoms with Crippen molar-refractivity contribution in [3.05, 3.63) is 59.7 Å². The van der Waals surface area contributed by atoms with Crippen LogP contribution in [0.2, 0.25) is 0 Å². The Morgan fingerprint density at radius 1 is 0.786 bits per heavy atom. The molecule has 2 aromatic carbocycles. The Morgan fingerprint density at radius 3 is 2.07 bits per heavy atom. The Labute approximate surface area is 165 Å². The summed E-state index contributed by atoms with van der Waals surface area (Å²) in [6.07, 6.45) is 1.41. The second-order valence-corrected chi connectivity index (χ2v) is 6.82. The SMILES string of the molecule is COc1ccc(CCN2C(=O)CN(CCc3ccccc3)CC2=O)cc1OC. The molecule has 1 heterocycles. The molecule has 1 fully saturated rings. The number of hydrogen-bond acceptors (Lipinski definition) is 5. The van der Waals surface area contributed by atoms with Crippen LogP contribution in [-0.4, -0.2) is 62.0 Å². The van der Waals surface area contributed by atoms with Gasteiger partial charge in [-0.05, 0) is 36.1 Å². The summed E-state index contributed by atoms with van der Waals surface area (Å²) in [5, 5.41) is 0. The maximum absolute atomic E-state index is 12.5. The minimum absolute atomic E-state index is 0.134. The lowest BCUT2D eigenvalue weighted by atomic mass is 10.1. The van der Waals surface area contributed by atoms with Crippen LogP contribution >= 0.6 is 0 Å². The maximum atomic E-state index is 12.5. The summed E-state index contributed by atoms with van der Waals surface area (Å²) in [6.45, 7) is 1.64. The van der Waals surface area contributed by atoms with Crippen LogP contribution in [0.5, 0.6) is 11.5 Å². The van der Waals surface area contributed by atoms with Crippen LogP contribution in [0.1, 0.15) is 11.1 Å². The summed E-state index contributed by atoms with van der Waals surface area (Å²) >= 11 is 0. The molecule has 0 aliphatic carbocycles. The standard InChI is InChI=1S/C22H26N2O4/c1-27-19-9-8-18(14-20(19)28-2)11-13-24-21(25)15-23(16-22(24)26)12-10-17-6-4-3-5-7-17/h3-9,14H,10-13,15-16H2,1-2H3. The minimum atomic E-state index is -0.134. The van der Waals surface area contributed by atoms with Gasteiger partial charge in [-0.25, -0.2) is 0 Å².